The molecule has 3 nitrogen and oxygen atoms in total. The van der Waals surface area contributed by atoms with E-state index in [4.69, 9.17) is 10.2 Å². The minimum atomic E-state index is -0.653. The van der Waals surface area contributed by atoms with Gasteiger partial charge in [0.2, 0.25) is 0 Å². The van der Waals surface area contributed by atoms with Crippen LogP contribution in [0.4, 0.5) is 0 Å². The highest BCUT2D eigenvalue weighted by Crippen LogP contribution is 2.13. The predicted molar refractivity (Wildman–Crippen MR) is 109 cm³/mol. The van der Waals surface area contributed by atoms with Gasteiger partial charge < -0.3 is 10.2 Å². The first-order chi connectivity index (χ1) is 12.2. The summed E-state index contributed by atoms with van der Waals surface area (Å²) in [6.45, 7) is 6.07. The van der Waals surface area contributed by atoms with E-state index >= 15 is 0 Å². The van der Waals surface area contributed by atoms with Crippen molar-refractivity contribution in [2.45, 2.75) is 122 Å². The van der Waals surface area contributed by atoms with Crippen LogP contribution in [0.2, 0.25) is 0 Å². The molecule has 151 valence electrons. The Morgan fingerprint density at radius 1 is 0.680 bits per heavy atom. The quantitative estimate of drug-likeness (QED) is 0.262. The summed E-state index contributed by atoms with van der Waals surface area (Å²) in [5.41, 5.74) is 0. The molecule has 1 radical (unpaired) electrons. The van der Waals surface area contributed by atoms with Crippen LogP contribution in [-0.2, 0) is 4.79 Å². The van der Waals surface area contributed by atoms with E-state index in [2.05, 4.69) is 13.8 Å². The summed E-state index contributed by atoms with van der Waals surface area (Å²) in [6, 6.07) is 0. The third kappa shape index (κ3) is 31.7. The minimum Gasteiger partial charge on any atom is -0.481 e. The zero-order valence-electron chi connectivity index (χ0n) is 16.9. The molecule has 0 aromatic heterocycles. The highest BCUT2D eigenvalue weighted by atomic mass is 16.4. The van der Waals surface area contributed by atoms with E-state index in [1.54, 1.807) is 0 Å². The van der Waals surface area contributed by atoms with Crippen LogP contribution in [0.1, 0.15) is 122 Å². The second kappa shape index (κ2) is 25.7. The fourth-order valence-corrected chi connectivity index (χ4v) is 2.76. The third-order valence-corrected chi connectivity index (χ3v) is 4.40. The van der Waals surface area contributed by atoms with E-state index in [0.29, 0.717) is 6.42 Å². The molecule has 0 saturated heterocycles. The molecule has 0 unspecified atom stereocenters. The standard InChI is InChI=1S/C18H36O2.C4H9O/c1-2-3-4-5-6-7-8-9-10-11-12-13-14-15-16-17-18(19)20;1-2-3-4-5/h2-17H2,1H3,(H,19,20);5H,1-4H2. The Hall–Kier alpha value is -0.570. The van der Waals surface area contributed by atoms with Crippen molar-refractivity contribution in [3.8, 4) is 0 Å². The highest BCUT2D eigenvalue weighted by Gasteiger charge is 1.97. The van der Waals surface area contributed by atoms with Gasteiger partial charge in [0.15, 0.2) is 0 Å². The maximum absolute atomic E-state index is 10.3. The molecule has 0 atom stereocenters. The van der Waals surface area contributed by atoms with Crippen molar-refractivity contribution in [1.82, 2.24) is 0 Å². The smallest absolute Gasteiger partial charge is 0.303 e. The Morgan fingerprint density at radius 2 is 1.04 bits per heavy atom. The molecule has 0 saturated carbocycles. The number of hydrogen-bond donors (Lipinski definition) is 2. The van der Waals surface area contributed by atoms with Crippen LogP contribution in [0.3, 0.4) is 0 Å². The van der Waals surface area contributed by atoms with E-state index < -0.39 is 5.97 Å². The maximum Gasteiger partial charge on any atom is 0.303 e. The predicted octanol–water partition coefficient (Wildman–Crippen LogP) is 6.93. The molecule has 0 aromatic rings. The van der Waals surface area contributed by atoms with Gasteiger partial charge in [0.1, 0.15) is 0 Å². The lowest BCUT2D eigenvalue weighted by Gasteiger charge is -2.03. The average Bonchev–Trinajstić information content (AvgIpc) is 2.59. The minimum absolute atomic E-state index is 0.281. The lowest BCUT2D eigenvalue weighted by Crippen LogP contribution is -1.93. The van der Waals surface area contributed by atoms with Gasteiger partial charge in [-0.25, -0.2) is 0 Å². The number of aliphatic hydroxyl groups excluding tert-OH is 1. The van der Waals surface area contributed by atoms with Crippen LogP contribution in [0.5, 0.6) is 0 Å². The van der Waals surface area contributed by atoms with Crippen LogP contribution < -0.4 is 0 Å². The molecule has 25 heavy (non-hydrogen) atoms. The first-order valence-electron chi connectivity index (χ1n) is 10.8. The van der Waals surface area contributed by atoms with Gasteiger partial charge in [-0.1, -0.05) is 110 Å². The highest BCUT2D eigenvalue weighted by molar-refractivity contribution is 5.66. The van der Waals surface area contributed by atoms with Crippen LogP contribution in [-0.4, -0.2) is 22.8 Å². The monoisotopic (exact) mass is 357 g/mol. The van der Waals surface area contributed by atoms with E-state index in [1.807, 2.05) is 0 Å². The number of aliphatic hydroxyl groups is 1. The van der Waals surface area contributed by atoms with Gasteiger partial charge in [0.25, 0.3) is 0 Å². The summed E-state index contributed by atoms with van der Waals surface area (Å²) in [6.07, 6.45) is 21.9. The fourth-order valence-electron chi connectivity index (χ4n) is 2.76. The van der Waals surface area contributed by atoms with Crippen molar-refractivity contribution in [1.29, 1.82) is 0 Å². The van der Waals surface area contributed by atoms with E-state index in [9.17, 15) is 4.79 Å². The summed E-state index contributed by atoms with van der Waals surface area (Å²) in [5.74, 6) is -0.653. The van der Waals surface area contributed by atoms with E-state index in [0.717, 1.165) is 25.7 Å². The molecule has 0 rings (SSSR count). The zero-order chi connectivity index (χ0) is 19.0. The normalized spacial score (nSPS) is 10.4. The molecule has 0 bridgehead atoms. The van der Waals surface area contributed by atoms with Gasteiger partial charge in [-0.3, -0.25) is 4.79 Å². The summed E-state index contributed by atoms with van der Waals surface area (Å²) in [7, 11) is 0. The van der Waals surface area contributed by atoms with Crippen molar-refractivity contribution < 1.29 is 15.0 Å². The number of carboxylic acids is 1. The van der Waals surface area contributed by atoms with Gasteiger partial charge in [0, 0.05) is 13.0 Å². The summed E-state index contributed by atoms with van der Waals surface area (Å²) < 4.78 is 0. The zero-order valence-corrected chi connectivity index (χ0v) is 16.9. The van der Waals surface area contributed by atoms with Crippen LogP contribution >= 0.6 is 0 Å². The Kier molecular flexibility index (Phi) is 27.4. The Balaban J connectivity index is 0. The van der Waals surface area contributed by atoms with Gasteiger partial charge in [-0.15, -0.1) is 0 Å². The van der Waals surface area contributed by atoms with Crippen LogP contribution in [0.15, 0.2) is 0 Å². The summed E-state index contributed by atoms with van der Waals surface area (Å²) in [5, 5.41) is 16.5. The third-order valence-electron chi connectivity index (χ3n) is 4.40. The molecular weight excluding hydrogens is 312 g/mol. The lowest BCUT2D eigenvalue weighted by atomic mass is 10.0. The Bertz CT molecular complexity index is 239. The van der Waals surface area contributed by atoms with Crippen molar-refractivity contribution in [2.75, 3.05) is 6.61 Å². The molecule has 0 aliphatic heterocycles. The molecule has 2 N–H and O–H groups in total. The van der Waals surface area contributed by atoms with Crippen LogP contribution in [0.25, 0.3) is 0 Å². The maximum atomic E-state index is 10.3. The van der Waals surface area contributed by atoms with Crippen molar-refractivity contribution in [2.24, 2.45) is 0 Å². The molecule has 0 heterocycles. The second-order valence-corrected chi connectivity index (χ2v) is 7.02. The molecule has 0 amide bonds. The number of aliphatic carboxylic acids is 1. The largest absolute Gasteiger partial charge is 0.481 e. The Labute approximate surface area is 157 Å². The molecule has 0 spiro atoms. The van der Waals surface area contributed by atoms with Gasteiger partial charge in [-0.05, 0) is 12.8 Å². The van der Waals surface area contributed by atoms with Crippen molar-refractivity contribution in [3.05, 3.63) is 6.92 Å². The van der Waals surface area contributed by atoms with Gasteiger partial charge in [-0.2, -0.15) is 0 Å². The molecule has 0 fully saturated rings. The molecule has 0 aliphatic rings. The number of carboxylic acid groups (broad SMARTS) is 1. The average molecular weight is 358 g/mol. The molecular formula is C22H45O3. The molecule has 0 aliphatic carbocycles. The van der Waals surface area contributed by atoms with Crippen molar-refractivity contribution in [3.63, 3.8) is 0 Å². The van der Waals surface area contributed by atoms with Crippen LogP contribution in [0, 0.1) is 6.92 Å². The second-order valence-electron chi connectivity index (χ2n) is 7.02. The van der Waals surface area contributed by atoms with Gasteiger partial charge in [0.05, 0.1) is 0 Å². The number of carbonyl (C=O) groups is 1. The number of unbranched alkanes of at least 4 members (excludes halogenated alkanes) is 15. The first-order valence-corrected chi connectivity index (χ1v) is 10.8. The lowest BCUT2D eigenvalue weighted by molar-refractivity contribution is -0.137. The van der Waals surface area contributed by atoms with Crippen molar-refractivity contribution >= 4 is 5.97 Å². The molecule has 0 aromatic carbocycles. The first kappa shape index (κ1) is 26.7. The SMILES string of the molecule is CCCCCCCCCCCCCCCCCC(=O)O.[CH2]CCCO. The van der Waals surface area contributed by atoms with Gasteiger partial charge >= 0.3 is 5.97 Å². The summed E-state index contributed by atoms with van der Waals surface area (Å²) in [4.78, 5) is 10.3. The fraction of sp³-hybridized carbons (Fsp3) is 0.909. The Morgan fingerprint density at radius 3 is 1.28 bits per heavy atom. The summed E-state index contributed by atoms with van der Waals surface area (Å²) >= 11 is 0. The topological polar surface area (TPSA) is 57.5 Å². The number of rotatable bonds is 18. The van der Waals surface area contributed by atoms with E-state index in [1.165, 1.54) is 83.5 Å². The van der Waals surface area contributed by atoms with E-state index in [-0.39, 0.29) is 6.61 Å². The number of hydrogen-bond acceptors (Lipinski definition) is 2. The molecule has 3 heteroatoms.